The Hall–Kier alpha value is -1.17. The highest BCUT2D eigenvalue weighted by molar-refractivity contribution is 5.88. The van der Waals surface area contributed by atoms with Crippen molar-refractivity contribution in [3.8, 4) is 6.07 Å². The minimum absolute atomic E-state index is 0.0860. The quantitative estimate of drug-likeness (QED) is 0.587. The van der Waals surface area contributed by atoms with E-state index >= 15 is 0 Å². The van der Waals surface area contributed by atoms with Crippen molar-refractivity contribution in [3.63, 3.8) is 0 Å². The molecule has 4 unspecified atom stereocenters. The molecule has 0 aliphatic heterocycles. The molecule has 0 amide bonds. The minimum Gasteiger partial charge on any atom is -0.300 e. The zero-order chi connectivity index (χ0) is 21.0. The molecule has 29 heavy (non-hydrogen) atoms. The molecule has 9 atom stereocenters. The molecule has 4 saturated carbocycles. The molecule has 0 N–H and O–H groups in total. The lowest BCUT2D eigenvalue weighted by Crippen LogP contribution is -2.60. The summed E-state index contributed by atoms with van der Waals surface area (Å²) in [6, 6.07) is 2.33. The van der Waals surface area contributed by atoms with Crippen molar-refractivity contribution in [2.24, 2.45) is 52.3 Å². The van der Waals surface area contributed by atoms with Gasteiger partial charge < -0.3 is 0 Å². The molecule has 0 radical (unpaired) electrons. The molecule has 0 aromatic heterocycles. The third-order valence-electron chi connectivity index (χ3n) is 10.4. The number of ketones is 2. The van der Waals surface area contributed by atoms with Crippen LogP contribution in [0.2, 0.25) is 0 Å². The van der Waals surface area contributed by atoms with Gasteiger partial charge in [0.2, 0.25) is 0 Å². The van der Waals surface area contributed by atoms with Crippen LogP contribution in [0.15, 0.2) is 0 Å². The summed E-state index contributed by atoms with van der Waals surface area (Å²) in [6.45, 7) is 9.40. The predicted octanol–water partition coefficient (Wildman–Crippen LogP) is 5.97. The van der Waals surface area contributed by atoms with Gasteiger partial charge in [-0.1, -0.05) is 27.7 Å². The Balaban J connectivity index is 1.66. The van der Waals surface area contributed by atoms with Crippen LogP contribution < -0.4 is 0 Å². The number of hydrogen-bond acceptors (Lipinski definition) is 3. The van der Waals surface area contributed by atoms with Crippen molar-refractivity contribution in [2.45, 2.75) is 91.9 Å². The third-order valence-corrected chi connectivity index (χ3v) is 10.4. The number of fused-ring (bicyclic) bond motifs is 5. The van der Waals surface area contributed by atoms with Crippen LogP contribution in [-0.2, 0) is 9.59 Å². The SMILES string of the molecule is CC[C@@H]1C(=O)C2C3CCC([C@H](C)CCC#N)[C@@]3(C)CCC2[C@@]2(C)CCC(=O)C[C@@H]12. The normalized spacial score (nSPS) is 47.7. The number of rotatable bonds is 4. The van der Waals surface area contributed by atoms with Gasteiger partial charge in [-0.15, -0.1) is 0 Å². The highest BCUT2D eigenvalue weighted by Gasteiger charge is 2.65. The Kier molecular flexibility index (Phi) is 5.46. The topological polar surface area (TPSA) is 57.9 Å². The largest absolute Gasteiger partial charge is 0.300 e. The van der Waals surface area contributed by atoms with Gasteiger partial charge in [0.25, 0.3) is 0 Å². The van der Waals surface area contributed by atoms with Crippen LogP contribution in [-0.4, -0.2) is 11.6 Å². The summed E-state index contributed by atoms with van der Waals surface area (Å²) in [5, 5.41) is 9.04. The first-order valence-electron chi connectivity index (χ1n) is 12.2. The summed E-state index contributed by atoms with van der Waals surface area (Å²) in [4.78, 5) is 26.2. The molecule has 0 aromatic carbocycles. The maximum absolute atomic E-state index is 13.9. The molecule has 0 saturated heterocycles. The number of Topliss-reactive ketones (excluding diaryl/α,β-unsaturated/α-hetero) is 2. The minimum atomic E-state index is 0.0860. The second-order valence-electron chi connectivity index (χ2n) is 11.4. The van der Waals surface area contributed by atoms with Crippen molar-refractivity contribution in [3.05, 3.63) is 0 Å². The molecule has 160 valence electrons. The zero-order valence-corrected chi connectivity index (χ0v) is 18.9. The first-order valence-corrected chi connectivity index (χ1v) is 12.2. The van der Waals surface area contributed by atoms with Gasteiger partial charge in [-0.25, -0.2) is 0 Å². The zero-order valence-electron chi connectivity index (χ0n) is 18.9. The fourth-order valence-electron chi connectivity index (χ4n) is 8.91. The van der Waals surface area contributed by atoms with E-state index in [0.717, 1.165) is 32.1 Å². The van der Waals surface area contributed by atoms with Gasteiger partial charge in [-0.3, -0.25) is 9.59 Å². The van der Waals surface area contributed by atoms with Crippen molar-refractivity contribution < 1.29 is 9.59 Å². The summed E-state index contributed by atoms with van der Waals surface area (Å²) in [5.41, 5.74) is 0.413. The van der Waals surface area contributed by atoms with Crippen LogP contribution in [0.3, 0.4) is 0 Å². The van der Waals surface area contributed by atoms with Crippen molar-refractivity contribution in [1.82, 2.24) is 0 Å². The first-order chi connectivity index (χ1) is 13.8. The van der Waals surface area contributed by atoms with E-state index in [2.05, 4.69) is 33.8 Å². The van der Waals surface area contributed by atoms with E-state index in [1.807, 2.05) is 0 Å². The summed E-state index contributed by atoms with van der Waals surface area (Å²) in [5.74, 6) is 3.66. The molecular formula is C26H39NO2. The number of nitriles is 1. The summed E-state index contributed by atoms with van der Waals surface area (Å²) in [7, 11) is 0. The molecule has 3 nitrogen and oxygen atoms in total. The average Bonchev–Trinajstić information content (AvgIpc) is 3.05. The van der Waals surface area contributed by atoms with Crippen molar-refractivity contribution >= 4 is 11.6 Å². The van der Waals surface area contributed by atoms with Crippen LogP contribution in [0, 0.1) is 63.6 Å². The lowest BCUT2D eigenvalue weighted by atomic mass is 9.42. The molecule has 4 rings (SSSR count). The molecule has 0 bridgehead atoms. The Morgan fingerprint density at radius 1 is 1.07 bits per heavy atom. The Morgan fingerprint density at radius 2 is 1.79 bits per heavy atom. The smallest absolute Gasteiger partial charge is 0.139 e. The molecule has 3 heteroatoms. The van der Waals surface area contributed by atoms with Crippen LogP contribution in [0.25, 0.3) is 0 Å². The van der Waals surface area contributed by atoms with E-state index < -0.39 is 0 Å². The first kappa shape index (κ1) is 21.1. The highest BCUT2D eigenvalue weighted by Crippen LogP contribution is 2.68. The standard InChI is InChI=1S/C26H39NO2/c1-5-18-22-15-17(28)10-12-26(22,4)21-11-13-25(3)19(16(2)7-6-14-27)8-9-20(25)23(21)24(18)29/h16,18-23H,5-13,15H2,1-4H3/t16-,18+,19?,20?,21?,22+,23?,25-,26-/m1/s1. The van der Waals surface area contributed by atoms with Gasteiger partial charge in [0, 0.05) is 31.1 Å². The van der Waals surface area contributed by atoms with Crippen LogP contribution >= 0.6 is 0 Å². The third kappa shape index (κ3) is 3.03. The van der Waals surface area contributed by atoms with Crippen LogP contribution in [0.4, 0.5) is 0 Å². The lowest BCUT2D eigenvalue weighted by Gasteiger charge is -2.61. The van der Waals surface area contributed by atoms with Crippen LogP contribution in [0.1, 0.15) is 91.9 Å². The fraction of sp³-hybridized carbons (Fsp3) is 0.885. The summed E-state index contributed by atoms with van der Waals surface area (Å²) in [6.07, 6.45) is 9.66. The molecular weight excluding hydrogens is 358 g/mol. The number of carbonyl (C=O) groups excluding carboxylic acids is 2. The molecule has 0 spiro atoms. The van der Waals surface area contributed by atoms with E-state index in [0.29, 0.717) is 48.1 Å². The van der Waals surface area contributed by atoms with Gasteiger partial charge in [-0.05, 0) is 85.4 Å². The number of carbonyl (C=O) groups is 2. The van der Waals surface area contributed by atoms with Gasteiger partial charge in [0.15, 0.2) is 0 Å². The average molecular weight is 398 g/mol. The maximum atomic E-state index is 13.9. The van der Waals surface area contributed by atoms with Gasteiger partial charge in [0.05, 0.1) is 6.07 Å². The van der Waals surface area contributed by atoms with Gasteiger partial charge in [-0.2, -0.15) is 5.26 Å². The Bertz CT molecular complexity index is 723. The van der Waals surface area contributed by atoms with Crippen molar-refractivity contribution in [2.75, 3.05) is 0 Å². The van der Waals surface area contributed by atoms with Crippen molar-refractivity contribution in [1.29, 1.82) is 5.26 Å². The van der Waals surface area contributed by atoms with Gasteiger partial charge >= 0.3 is 0 Å². The van der Waals surface area contributed by atoms with E-state index in [1.54, 1.807) is 0 Å². The van der Waals surface area contributed by atoms with Crippen LogP contribution in [0.5, 0.6) is 0 Å². The van der Waals surface area contributed by atoms with E-state index in [9.17, 15) is 9.59 Å². The molecule has 0 aromatic rings. The maximum Gasteiger partial charge on any atom is 0.139 e. The molecule has 4 aliphatic carbocycles. The Morgan fingerprint density at radius 3 is 2.48 bits per heavy atom. The number of nitrogens with zero attached hydrogens (tertiary/aromatic N) is 1. The van der Waals surface area contributed by atoms with E-state index in [1.165, 1.54) is 19.3 Å². The summed E-state index contributed by atoms with van der Waals surface area (Å²) < 4.78 is 0. The molecule has 4 fully saturated rings. The van der Waals surface area contributed by atoms with Gasteiger partial charge in [0.1, 0.15) is 11.6 Å². The molecule has 4 aliphatic rings. The highest BCUT2D eigenvalue weighted by atomic mass is 16.1. The second kappa shape index (κ2) is 7.51. The lowest BCUT2D eigenvalue weighted by molar-refractivity contribution is -0.169. The fourth-order valence-corrected chi connectivity index (χ4v) is 8.91. The second-order valence-corrected chi connectivity index (χ2v) is 11.4. The van der Waals surface area contributed by atoms with E-state index in [-0.39, 0.29) is 28.6 Å². The molecule has 0 heterocycles. The monoisotopic (exact) mass is 397 g/mol. The van der Waals surface area contributed by atoms with E-state index in [4.69, 9.17) is 5.26 Å². The summed E-state index contributed by atoms with van der Waals surface area (Å²) >= 11 is 0. The Labute approximate surface area is 177 Å². The number of hydrogen-bond donors (Lipinski definition) is 0. The predicted molar refractivity (Wildman–Crippen MR) is 114 cm³/mol.